The molecule has 0 saturated heterocycles. The number of hydrogen-bond acceptors (Lipinski definition) is 5. The van der Waals surface area contributed by atoms with Gasteiger partial charge in [-0.15, -0.1) is 0 Å². The Kier molecular flexibility index (Phi) is 6.29. The molecule has 3 aromatic carbocycles. The maximum Gasteiger partial charge on any atom is 0.307 e. The number of aryl methyl sites for hydroxylation is 1. The van der Waals surface area contributed by atoms with Gasteiger partial charge in [0.05, 0.1) is 17.1 Å². The molecule has 3 rings (SSSR count). The number of rotatable bonds is 7. The zero-order valence-electron chi connectivity index (χ0n) is 15.9. The van der Waals surface area contributed by atoms with Gasteiger partial charge in [0.15, 0.2) is 16.4 Å². The number of nitrogens with one attached hydrogen (secondary N) is 1. The van der Waals surface area contributed by atoms with Crippen LogP contribution in [0.1, 0.15) is 12.0 Å². The first-order chi connectivity index (χ1) is 13.8. The molecular formula is C22H21NO5S. The third kappa shape index (κ3) is 5.42. The fraction of sp³-hybridized carbons (Fsp3) is 0.182. The third-order valence-electron chi connectivity index (χ3n) is 4.44. The lowest BCUT2D eigenvalue weighted by Crippen LogP contribution is -2.22. The molecule has 0 heterocycles. The van der Waals surface area contributed by atoms with Crippen LogP contribution in [0.2, 0.25) is 0 Å². The topological polar surface area (TPSA) is 89.5 Å². The van der Waals surface area contributed by atoms with Crippen LogP contribution < -0.4 is 5.32 Å². The summed E-state index contributed by atoms with van der Waals surface area (Å²) in [5, 5.41) is 4.39. The molecular weight excluding hydrogens is 390 g/mol. The number of para-hydroxylation sites is 1. The maximum atomic E-state index is 12.5. The van der Waals surface area contributed by atoms with Gasteiger partial charge in [0.25, 0.3) is 5.91 Å². The second-order valence-electron chi connectivity index (χ2n) is 6.60. The van der Waals surface area contributed by atoms with E-state index in [-0.39, 0.29) is 17.1 Å². The predicted molar refractivity (Wildman–Crippen MR) is 111 cm³/mol. The molecule has 0 aromatic heterocycles. The lowest BCUT2D eigenvalue weighted by molar-refractivity contribution is -0.146. The first-order valence-corrected chi connectivity index (χ1v) is 10.7. The van der Waals surface area contributed by atoms with Crippen LogP contribution in [0.15, 0.2) is 71.6 Å². The SMILES string of the molecule is Cc1ccccc1NC(=O)COC(=O)CCS(=O)(=O)c1ccc2ccccc2c1. The van der Waals surface area contributed by atoms with E-state index in [9.17, 15) is 18.0 Å². The van der Waals surface area contributed by atoms with E-state index in [0.29, 0.717) is 5.69 Å². The molecule has 0 spiro atoms. The van der Waals surface area contributed by atoms with E-state index in [1.54, 1.807) is 24.3 Å². The summed E-state index contributed by atoms with van der Waals surface area (Å²) in [6.07, 6.45) is -0.327. The van der Waals surface area contributed by atoms with E-state index < -0.39 is 28.3 Å². The molecule has 0 aliphatic heterocycles. The molecule has 0 aliphatic carbocycles. The highest BCUT2D eigenvalue weighted by molar-refractivity contribution is 7.91. The van der Waals surface area contributed by atoms with E-state index in [1.807, 2.05) is 43.3 Å². The lowest BCUT2D eigenvalue weighted by atomic mass is 10.1. The van der Waals surface area contributed by atoms with Crippen LogP contribution in [-0.2, 0) is 24.2 Å². The molecule has 0 fully saturated rings. The van der Waals surface area contributed by atoms with E-state index in [2.05, 4.69) is 5.32 Å². The van der Waals surface area contributed by atoms with Crippen LogP contribution in [-0.4, -0.2) is 32.7 Å². The highest BCUT2D eigenvalue weighted by atomic mass is 32.2. The van der Waals surface area contributed by atoms with E-state index in [4.69, 9.17) is 4.74 Å². The first kappa shape index (κ1) is 20.5. The van der Waals surface area contributed by atoms with Crippen molar-refractivity contribution in [1.29, 1.82) is 0 Å². The minimum Gasteiger partial charge on any atom is -0.456 e. The zero-order chi connectivity index (χ0) is 20.9. The second kappa shape index (κ2) is 8.87. The Morgan fingerprint density at radius 1 is 0.931 bits per heavy atom. The molecule has 0 aliphatic rings. The Morgan fingerprint density at radius 2 is 1.62 bits per heavy atom. The molecule has 6 nitrogen and oxygen atoms in total. The summed E-state index contributed by atoms with van der Waals surface area (Å²) in [5.41, 5.74) is 1.51. The van der Waals surface area contributed by atoms with E-state index in [1.165, 1.54) is 6.07 Å². The Labute approximate surface area is 169 Å². The van der Waals surface area contributed by atoms with Crippen molar-refractivity contribution in [3.05, 3.63) is 72.3 Å². The van der Waals surface area contributed by atoms with Crippen molar-refractivity contribution >= 4 is 38.2 Å². The van der Waals surface area contributed by atoms with Gasteiger partial charge < -0.3 is 10.1 Å². The van der Waals surface area contributed by atoms with Crippen molar-refractivity contribution in [2.45, 2.75) is 18.2 Å². The largest absolute Gasteiger partial charge is 0.456 e. The maximum absolute atomic E-state index is 12.5. The van der Waals surface area contributed by atoms with Crippen LogP contribution in [0.25, 0.3) is 10.8 Å². The van der Waals surface area contributed by atoms with Gasteiger partial charge in [-0.2, -0.15) is 0 Å². The third-order valence-corrected chi connectivity index (χ3v) is 6.15. The Balaban J connectivity index is 1.52. The van der Waals surface area contributed by atoms with Crippen LogP contribution in [0.3, 0.4) is 0 Å². The van der Waals surface area contributed by atoms with Crippen molar-refractivity contribution in [1.82, 2.24) is 0 Å². The standard InChI is InChI=1S/C22H21NO5S/c1-16-6-2-5-9-20(16)23-21(24)15-28-22(25)12-13-29(26,27)19-11-10-17-7-3-4-8-18(17)14-19/h2-11,14H,12-13,15H2,1H3,(H,23,24). The summed E-state index contributed by atoms with van der Waals surface area (Å²) < 4.78 is 29.9. The fourth-order valence-electron chi connectivity index (χ4n) is 2.81. The summed E-state index contributed by atoms with van der Waals surface area (Å²) in [7, 11) is -3.64. The highest BCUT2D eigenvalue weighted by Gasteiger charge is 2.18. The van der Waals surface area contributed by atoms with Crippen LogP contribution >= 0.6 is 0 Å². The normalized spacial score (nSPS) is 11.2. The van der Waals surface area contributed by atoms with E-state index >= 15 is 0 Å². The molecule has 29 heavy (non-hydrogen) atoms. The Bertz CT molecular complexity index is 1150. The van der Waals surface area contributed by atoms with Gasteiger partial charge in [-0.1, -0.05) is 48.5 Å². The van der Waals surface area contributed by atoms with Crippen LogP contribution in [0.4, 0.5) is 5.69 Å². The molecule has 0 bridgehead atoms. The number of amides is 1. The van der Waals surface area contributed by atoms with Crippen LogP contribution in [0, 0.1) is 6.92 Å². The molecule has 150 valence electrons. The average molecular weight is 411 g/mol. The number of carbonyl (C=O) groups excluding carboxylic acids is 2. The van der Waals surface area contributed by atoms with Gasteiger partial charge in [-0.3, -0.25) is 9.59 Å². The predicted octanol–water partition coefficient (Wildman–Crippen LogP) is 3.49. The highest BCUT2D eigenvalue weighted by Crippen LogP contribution is 2.20. The fourth-order valence-corrected chi connectivity index (χ4v) is 4.07. The number of benzene rings is 3. The summed E-state index contributed by atoms with van der Waals surface area (Å²) in [5.74, 6) is -1.61. The minimum atomic E-state index is -3.64. The van der Waals surface area contributed by atoms with Gasteiger partial charge in [-0.05, 0) is 41.5 Å². The smallest absolute Gasteiger partial charge is 0.307 e. The number of carbonyl (C=O) groups is 2. The number of sulfone groups is 1. The molecule has 0 radical (unpaired) electrons. The number of ether oxygens (including phenoxy) is 1. The Morgan fingerprint density at radius 3 is 2.38 bits per heavy atom. The minimum absolute atomic E-state index is 0.154. The van der Waals surface area contributed by atoms with Crippen molar-refractivity contribution < 1.29 is 22.7 Å². The van der Waals surface area contributed by atoms with Gasteiger partial charge in [0, 0.05) is 5.69 Å². The van der Waals surface area contributed by atoms with Crippen molar-refractivity contribution in [2.24, 2.45) is 0 Å². The number of esters is 1. The number of fused-ring (bicyclic) bond motifs is 1. The molecule has 0 saturated carbocycles. The molecule has 7 heteroatoms. The zero-order valence-corrected chi connectivity index (χ0v) is 16.7. The molecule has 1 N–H and O–H groups in total. The second-order valence-corrected chi connectivity index (χ2v) is 8.71. The van der Waals surface area contributed by atoms with Crippen molar-refractivity contribution in [3.63, 3.8) is 0 Å². The average Bonchev–Trinajstić information content (AvgIpc) is 2.72. The number of hydrogen-bond donors (Lipinski definition) is 1. The molecule has 1 amide bonds. The summed E-state index contributed by atoms with van der Waals surface area (Å²) in [6, 6.07) is 19.5. The first-order valence-electron chi connectivity index (χ1n) is 9.08. The van der Waals surface area contributed by atoms with Gasteiger partial charge in [0.1, 0.15) is 0 Å². The van der Waals surface area contributed by atoms with Crippen molar-refractivity contribution in [3.8, 4) is 0 Å². The van der Waals surface area contributed by atoms with Gasteiger partial charge in [0.2, 0.25) is 0 Å². The number of anilines is 1. The lowest BCUT2D eigenvalue weighted by Gasteiger charge is -2.09. The summed E-state index contributed by atoms with van der Waals surface area (Å²) >= 11 is 0. The van der Waals surface area contributed by atoms with Gasteiger partial charge in [-0.25, -0.2) is 8.42 Å². The van der Waals surface area contributed by atoms with Gasteiger partial charge >= 0.3 is 5.97 Å². The quantitative estimate of drug-likeness (QED) is 0.601. The molecule has 0 atom stereocenters. The van der Waals surface area contributed by atoms with E-state index in [0.717, 1.165) is 16.3 Å². The summed E-state index contributed by atoms with van der Waals surface area (Å²) in [4.78, 5) is 24.0. The van der Waals surface area contributed by atoms with Crippen LogP contribution in [0.5, 0.6) is 0 Å². The summed E-state index contributed by atoms with van der Waals surface area (Å²) in [6.45, 7) is 1.38. The molecule has 0 unspecified atom stereocenters. The molecule has 3 aromatic rings. The monoisotopic (exact) mass is 411 g/mol. The van der Waals surface area contributed by atoms with Crippen molar-refractivity contribution in [2.75, 3.05) is 17.7 Å². The Hall–Kier alpha value is -3.19.